The van der Waals surface area contributed by atoms with Crippen molar-refractivity contribution in [2.75, 3.05) is 26.2 Å². The first-order valence-electron chi connectivity index (χ1n) is 3.72. The van der Waals surface area contributed by atoms with E-state index in [1.165, 1.54) is 13.1 Å². The van der Waals surface area contributed by atoms with Crippen LogP contribution < -0.4 is 4.90 Å². The lowest BCUT2D eigenvalue weighted by Gasteiger charge is -2.12. The number of nitrogens with zero attached hydrogens (tertiary/aromatic N) is 1. The Balaban J connectivity index is 3.34. The summed E-state index contributed by atoms with van der Waals surface area (Å²) in [5.41, 5.74) is 0. The summed E-state index contributed by atoms with van der Waals surface area (Å²) >= 11 is 4.45. The fourth-order valence-electron chi connectivity index (χ4n) is 0.863. The molecule has 0 aromatic rings. The lowest BCUT2D eigenvalue weighted by molar-refractivity contribution is -0.894. The first-order valence-corrected chi connectivity index (χ1v) is 4.13. The Labute approximate surface area is 67.9 Å². The molecule has 0 aromatic carbocycles. The smallest absolute Gasteiger partial charge is 0.0983 e. The van der Waals surface area contributed by atoms with E-state index in [4.69, 9.17) is 0 Å². The topological polar surface area (TPSA) is 16.8 Å². The van der Waals surface area contributed by atoms with Crippen LogP contribution in [0.15, 0.2) is 4.99 Å². The van der Waals surface area contributed by atoms with Crippen molar-refractivity contribution in [3.05, 3.63) is 0 Å². The number of nitrogens with one attached hydrogen (secondary N) is 1. The molecule has 0 bridgehead atoms. The lowest BCUT2D eigenvalue weighted by Crippen LogP contribution is -3.11. The number of thiocarbonyl (C=S) groups is 1. The molecule has 0 aliphatic heterocycles. The fraction of sp³-hybridized carbons (Fsp3) is 0.857. The van der Waals surface area contributed by atoms with Crippen molar-refractivity contribution in [1.82, 2.24) is 0 Å². The molecule has 3 heteroatoms. The quantitative estimate of drug-likeness (QED) is 0.442. The highest BCUT2D eigenvalue weighted by Gasteiger charge is 1.98. The molecule has 0 spiro atoms. The van der Waals surface area contributed by atoms with Crippen molar-refractivity contribution >= 4 is 17.4 Å². The molecule has 0 atom stereocenters. The molecule has 0 radical (unpaired) electrons. The Morgan fingerprint density at radius 3 is 2.40 bits per heavy atom. The third kappa shape index (κ3) is 4.62. The van der Waals surface area contributed by atoms with Gasteiger partial charge in [-0.1, -0.05) is 0 Å². The SMILES string of the molecule is CC[NH+](CC)CCN=C=S. The van der Waals surface area contributed by atoms with Crippen LogP contribution in [0.3, 0.4) is 0 Å². The van der Waals surface area contributed by atoms with Crippen LogP contribution in [0.1, 0.15) is 13.8 Å². The predicted molar refractivity (Wildman–Crippen MR) is 46.8 cm³/mol. The summed E-state index contributed by atoms with van der Waals surface area (Å²) in [5.74, 6) is 0. The third-order valence-electron chi connectivity index (χ3n) is 1.64. The first kappa shape index (κ1) is 9.76. The van der Waals surface area contributed by atoms with Gasteiger partial charge in [-0.05, 0) is 26.1 Å². The molecule has 10 heavy (non-hydrogen) atoms. The predicted octanol–water partition coefficient (Wildman–Crippen LogP) is 0.0139. The second-order valence-corrected chi connectivity index (χ2v) is 2.36. The van der Waals surface area contributed by atoms with Gasteiger partial charge in [0.15, 0.2) is 0 Å². The van der Waals surface area contributed by atoms with Gasteiger partial charge in [-0.3, -0.25) is 0 Å². The van der Waals surface area contributed by atoms with Gasteiger partial charge < -0.3 is 4.90 Å². The van der Waals surface area contributed by atoms with Gasteiger partial charge in [-0.25, -0.2) is 4.99 Å². The second-order valence-electron chi connectivity index (χ2n) is 2.18. The highest BCUT2D eigenvalue weighted by molar-refractivity contribution is 7.78. The van der Waals surface area contributed by atoms with Gasteiger partial charge in [0, 0.05) is 0 Å². The monoisotopic (exact) mass is 159 g/mol. The summed E-state index contributed by atoms with van der Waals surface area (Å²) in [5, 5.41) is 2.37. The van der Waals surface area contributed by atoms with Crippen LogP contribution in [0.5, 0.6) is 0 Å². The highest BCUT2D eigenvalue weighted by atomic mass is 32.1. The average molecular weight is 159 g/mol. The van der Waals surface area contributed by atoms with Crippen molar-refractivity contribution in [1.29, 1.82) is 0 Å². The van der Waals surface area contributed by atoms with Gasteiger partial charge in [0.1, 0.15) is 0 Å². The Morgan fingerprint density at radius 2 is 2.00 bits per heavy atom. The van der Waals surface area contributed by atoms with Crippen LogP contribution in [0.4, 0.5) is 0 Å². The van der Waals surface area contributed by atoms with Crippen LogP contribution in [0, 0.1) is 0 Å². The van der Waals surface area contributed by atoms with E-state index in [-0.39, 0.29) is 0 Å². The number of hydrogen-bond acceptors (Lipinski definition) is 2. The summed E-state index contributed by atoms with van der Waals surface area (Å²) in [6, 6.07) is 0. The van der Waals surface area contributed by atoms with Crippen molar-refractivity contribution in [3.8, 4) is 0 Å². The van der Waals surface area contributed by atoms with Crippen LogP contribution in [0.25, 0.3) is 0 Å². The molecule has 58 valence electrons. The van der Waals surface area contributed by atoms with Crippen LogP contribution in [-0.2, 0) is 0 Å². The number of aliphatic imine (C=N–C) groups is 1. The molecule has 0 rings (SSSR count). The van der Waals surface area contributed by atoms with Crippen molar-refractivity contribution in [2.45, 2.75) is 13.8 Å². The van der Waals surface area contributed by atoms with Crippen LogP contribution >= 0.6 is 12.2 Å². The molecule has 0 aromatic heterocycles. The Hall–Kier alpha value is -0.240. The van der Waals surface area contributed by atoms with E-state index in [2.05, 4.69) is 36.2 Å². The van der Waals surface area contributed by atoms with E-state index in [1.54, 1.807) is 4.90 Å². The Kier molecular flexibility index (Phi) is 6.71. The summed E-state index contributed by atoms with van der Waals surface area (Å²) in [4.78, 5) is 5.42. The maximum absolute atomic E-state index is 4.45. The normalized spacial score (nSPS) is 9.50. The highest BCUT2D eigenvalue weighted by Crippen LogP contribution is 1.60. The number of isothiocyanates is 1. The second kappa shape index (κ2) is 6.87. The van der Waals surface area contributed by atoms with Gasteiger partial charge in [0.2, 0.25) is 0 Å². The summed E-state index contributed by atoms with van der Waals surface area (Å²) in [7, 11) is 0. The summed E-state index contributed by atoms with van der Waals surface area (Å²) in [6.07, 6.45) is 0. The molecule has 0 unspecified atom stereocenters. The molecule has 2 nitrogen and oxygen atoms in total. The van der Waals surface area contributed by atoms with Crippen LogP contribution in [0.2, 0.25) is 0 Å². The lowest BCUT2D eigenvalue weighted by atomic mass is 10.5. The minimum absolute atomic E-state index is 0.820. The zero-order chi connectivity index (χ0) is 7.82. The summed E-state index contributed by atoms with van der Waals surface area (Å²) in [6.45, 7) is 8.60. The zero-order valence-electron chi connectivity index (χ0n) is 6.68. The molecule has 0 saturated carbocycles. The molecule has 0 amide bonds. The third-order valence-corrected chi connectivity index (χ3v) is 1.77. The minimum Gasteiger partial charge on any atom is -0.334 e. The number of hydrogen-bond donors (Lipinski definition) is 1. The minimum atomic E-state index is 0.820. The van der Waals surface area contributed by atoms with Crippen molar-refractivity contribution < 1.29 is 4.90 Å². The maximum atomic E-state index is 4.45. The van der Waals surface area contributed by atoms with E-state index in [1.807, 2.05) is 0 Å². The van der Waals surface area contributed by atoms with Gasteiger partial charge in [-0.2, -0.15) is 0 Å². The molecule has 0 saturated heterocycles. The average Bonchev–Trinajstić information content (AvgIpc) is 1.99. The molecule has 1 N–H and O–H groups in total. The molecular formula is C7H15N2S+. The molecular weight excluding hydrogens is 144 g/mol. The molecule has 0 aliphatic carbocycles. The number of rotatable bonds is 5. The standard InChI is InChI=1S/C7H14N2S/c1-3-9(4-2)6-5-8-7-10/h3-6H2,1-2H3/p+1. The maximum Gasteiger partial charge on any atom is 0.0983 e. The van der Waals surface area contributed by atoms with Gasteiger partial charge in [0.05, 0.1) is 31.3 Å². The molecule has 0 fully saturated rings. The molecule has 0 aliphatic rings. The van der Waals surface area contributed by atoms with Gasteiger partial charge in [0.25, 0.3) is 0 Å². The Bertz CT molecular complexity index is 115. The van der Waals surface area contributed by atoms with Gasteiger partial charge >= 0.3 is 0 Å². The van der Waals surface area contributed by atoms with Crippen molar-refractivity contribution in [3.63, 3.8) is 0 Å². The van der Waals surface area contributed by atoms with E-state index in [0.717, 1.165) is 13.1 Å². The largest absolute Gasteiger partial charge is 0.334 e. The van der Waals surface area contributed by atoms with E-state index < -0.39 is 0 Å². The number of quaternary nitrogens is 1. The fourth-order valence-corrected chi connectivity index (χ4v) is 0.954. The number of likely N-dealkylation sites (N-methyl/N-ethyl adjacent to an activating group) is 1. The Morgan fingerprint density at radius 1 is 1.40 bits per heavy atom. The molecule has 0 heterocycles. The van der Waals surface area contributed by atoms with Crippen molar-refractivity contribution in [2.24, 2.45) is 4.99 Å². The van der Waals surface area contributed by atoms with Gasteiger partial charge in [-0.15, -0.1) is 0 Å². The zero-order valence-corrected chi connectivity index (χ0v) is 7.50. The van der Waals surface area contributed by atoms with E-state index >= 15 is 0 Å². The van der Waals surface area contributed by atoms with E-state index in [9.17, 15) is 0 Å². The van der Waals surface area contributed by atoms with Crippen LogP contribution in [-0.4, -0.2) is 31.3 Å². The first-order chi connectivity index (χ1) is 4.85. The van der Waals surface area contributed by atoms with E-state index in [0.29, 0.717) is 0 Å². The summed E-state index contributed by atoms with van der Waals surface area (Å²) < 4.78 is 0.